The van der Waals surface area contributed by atoms with Crippen LogP contribution in [0.15, 0.2) is 73.2 Å². The van der Waals surface area contributed by atoms with Crippen LogP contribution in [0.3, 0.4) is 0 Å². The number of amides is 1. The van der Waals surface area contributed by atoms with Gasteiger partial charge in [-0.05, 0) is 80.8 Å². The molecule has 256 valence electrons. The number of hydrogen-bond acceptors (Lipinski definition) is 8. The van der Waals surface area contributed by atoms with Crippen molar-refractivity contribution < 1.29 is 31.1 Å². The van der Waals surface area contributed by atoms with Crippen LogP contribution in [0, 0.1) is 6.92 Å². The highest BCUT2D eigenvalue weighted by atomic mass is 32.2. The molecule has 0 bridgehead atoms. The van der Waals surface area contributed by atoms with Crippen LogP contribution in [0.25, 0.3) is 22.4 Å². The number of anilines is 2. The number of alkyl halides is 3. The van der Waals surface area contributed by atoms with E-state index < -0.39 is 27.7 Å². The minimum Gasteiger partial charge on any atom is -0.437 e. The second kappa shape index (κ2) is 13.5. The zero-order chi connectivity index (χ0) is 34.9. The maximum absolute atomic E-state index is 14.3. The summed E-state index contributed by atoms with van der Waals surface area (Å²) >= 11 is 0. The average Bonchev–Trinajstić information content (AvgIpc) is 3.46. The van der Waals surface area contributed by atoms with E-state index in [2.05, 4.69) is 25.0 Å². The molecule has 1 amide bonds. The van der Waals surface area contributed by atoms with Crippen molar-refractivity contribution >= 4 is 38.3 Å². The molecule has 1 fully saturated rings. The first-order valence-electron chi connectivity index (χ1n) is 15.6. The van der Waals surface area contributed by atoms with Gasteiger partial charge in [-0.15, -0.1) is 0 Å². The summed E-state index contributed by atoms with van der Waals surface area (Å²) in [5.41, 5.74) is 1.88. The number of fused-ring (bicyclic) bond motifs is 1. The molecule has 0 saturated carbocycles. The quantitative estimate of drug-likeness (QED) is 0.184. The summed E-state index contributed by atoms with van der Waals surface area (Å²) in [4.78, 5) is 28.4. The number of sulfonamides is 1. The minimum absolute atomic E-state index is 0.0304. The van der Waals surface area contributed by atoms with Crippen molar-refractivity contribution in [2.75, 3.05) is 29.1 Å². The Labute approximate surface area is 281 Å². The second-order valence-electron chi connectivity index (χ2n) is 11.8. The fourth-order valence-corrected chi connectivity index (χ4v) is 6.61. The fourth-order valence-electron chi connectivity index (χ4n) is 5.70. The van der Waals surface area contributed by atoms with Crippen molar-refractivity contribution in [1.29, 1.82) is 0 Å². The van der Waals surface area contributed by atoms with Gasteiger partial charge < -0.3 is 19.5 Å². The molecule has 2 aromatic carbocycles. The van der Waals surface area contributed by atoms with Gasteiger partial charge in [-0.25, -0.2) is 18.1 Å². The molecule has 1 aliphatic rings. The Morgan fingerprint density at radius 3 is 2.53 bits per heavy atom. The molecule has 1 aliphatic heterocycles. The predicted octanol–water partition coefficient (Wildman–Crippen LogP) is 6.31. The minimum atomic E-state index is -4.70. The van der Waals surface area contributed by atoms with Crippen molar-refractivity contribution in [3.63, 3.8) is 0 Å². The standard InChI is InChI=1S/C34H34F3N7O4S/c1-4-49(46,47)42-24-11-16-44(17-12-24)28-10-9-25(19-26(28)34(35,36)37)39-32(45)22-8-7-21(2)29(18-22)48-33-30-27(13-15-43(30)3)40-31(41-33)23-6-5-14-38-20-23/h5-10,13-15,18-20,24,42H,4,11-12,16-17H2,1-3H3,(H,39,45). The van der Waals surface area contributed by atoms with Crippen LogP contribution in [0.4, 0.5) is 24.5 Å². The lowest BCUT2D eigenvalue weighted by atomic mass is 10.0. The van der Waals surface area contributed by atoms with Gasteiger partial charge in [0.1, 0.15) is 11.3 Å². The number of rotatable bonds is 9. The van der Waals surface area contributed by atoms with Gasteiger partial charge in [0.15, 0.2) is 5.82 Å². The van der Waals surface area contributed by atoms with Crippen LogP contribution in [0.5, 0.6) is 11.6 Å². The number of carbonyl (C=O) groups excluding carboxylic acids is 1. The molecular weight excluding hydrogens is 659 g/mol. The number of aryl methyl sites for hydroxylation is 2. The molecule has 49 heavy (non-hydrogen) atoms. The Balaban J connectivity index is 1.23. The Bertz CT molecular complexity index is 2110. The number of nitrogens with zero attached hydrogens (tertiary/aromatic N) is 5. The van der Waals surface area contributed by atoms with E-state index >= 15 is 0 Å². The van der Waals surface area contributed by atoms with Gasteiger partial charge in [-0.1, -0.05) is 6.07 Å². The SMILES string of the molecule is CCS(=O)(=O)NC1CCN(c2ccc(NC(=O)c3ccc(C)c(Oc4nc(-c5cccnc5)nc5ccn(C)c45)c3)cc2C(F)(F)F)CC1. The molecule has 4 heterocycles. The largest absolute Gasteiger partial charge is 0.437 e. The number of hydrogen-bond donors (Lipinski definition) is 2. The normalized spacial score (nSPS) is 14.3. The molecule has 1 saturated heterocycles. The number of pyridine rings is 1. The fraction of sp³-hybridized carbons (Fsp3) is 0.294. The molecule has 6 rings (SSSR count). The van der Waals surface area contributed by atoms with Crippen molar-refractivity contribution in [2.24, 2.45) is 7.05 Å². The van der Waals surface area contributed by atoms with E-state index in [0.717, 1.165) is 6.07 Å². The van der Waals surface area contributed by atoms with Crippen molar-refractivity contribution in [2.45, 2.75) is 38.9 Å². The molecule has 0 radical (unpaired) electrons. The lowest BCUT2D eigenvalue weighted by Gasteiger charge is -2.35. The van der Waals surface area contributed by atoms with Gasteiger partial charge in [0, 0.05) is 67.3 Å². The van der Waals surface area contributed by atoms with Gasteiger partial charge >= 0.3 is 6.18 Å². The molecule has 2 N–H and O–H groups in total. The number of piperidine rings is 1. The number of benzene rings is 2. The first-order chi connectivity index (χ1) is 23.3. The highest BCUT2D eigenvalue weighted by Crippen LogP contribution is 2.39. The van der Waals surface area contributed by atoms with E-state index in [0.29, 0.717) is 46.6 Å². The third-order valence-electron chi connectivity index (χ3n) is 8.39. The first kappa shape index (κ1) is 33.9. The van der Waals surface area contributed by atoms with Crippen LogP contribution in [-0.4, -0.2) is 58.7 Å². The van der Waals surface area contributed by atoms with E-state index in [1.54, 1.807) is 42.4 Å². The summed E-state index contributed by atoms with van der Waals surface area (Å²) in [6, 6.07) is 13.5. The summed E-state index contributed by atoms with van der Waals surface area (Å²) in [5, 5.41) is 2.59. The molecule has 0 spiro atoms. The molecule has 11 nitrogen and oxygen atoms in total. The topological polar surface area (TPSA) is 131 Å². The van der Waals surface area contributed by atoms with Crippen LogP contribution >= 0.6 is 0 Å². The van der Waals surface area contributed by atoms with Gasteiger partial charge in [0.05, 0.1) is 16.8 Å². The summed E-state index contributed by atoms with van der Waals surface area (Å²) in [6.45, 7) is 3.81. The smallest absolute Gasteiger partial charge is 0.418 e. The maximum atomic E-state index is 14.3. The summed E-state index contributed by atoms with van der Waals surface area (Å²) in [6.07, 6.45) is 1.15. The summed E-state index contributed by atoms with van der Waals surface area (Å²) in [7, 11) is -1.59. The molecule has 0 unspecified atom stereocenters. The van der Waals surface area contributed by atoms with Crippen molar-refractivity contribution in [3.05, 3.63) is 89.9 Å². The zero-order valence-electron chi connectivity index (χ0n) is 27.0. The molecular formula is C34H34F3N7O4S. The van der Waals surface area contributed by atoms with E-state index in [-0.39, 0.29) is 47.7 Å². The van der Waals surface area contributed by atoms with Crippen LogP contribution in [-0.2, 0) is 23.2 Å². The zero-order valence-corrected chi connectivity index (χ0v) is 27.8. The summed E-state index contributed by atoms with van der Waals surface area (Å²) < 4.78 is 77.4. The number of halogens is 3. The van der Waals surface area contributed by atoms with Crippen LogP contribution < -0.4 is 19.7 Å². The predicted molar refractivity (Wildman–Crippen MR) is 180 cm³/mol. The summed E-state index contributed by atoms with van der Waals surface area (Å²) in [5.74, 6) is 0.304. The molecule has 15 heteroatoms. The number of ether oxygens (including phenoxy) is 1. The monoisotopic (exact) mass is 693 g/mol. The molecule has 0 atom stereocenters. The number of carbonyl (C=O) groups is 1. The van der Waals surface area contributed by atoms with Gasteiger partial charge in [-0.3, -0.25) is 9.78 Å². The molecule has 3 aromatic heterocycles. The van der Waals surface area contributed by atoms with E-state index in [4.69, 9.17) is 4.74 Å². The van der Waals surface area contributed by atoms with Gasteiger partial charge in [0.2, 0.25) is 15.9 Å². The number of nitrogens with one attached hydrogen (secondary N) is 2. The first-order valence-corrected chi connectivity index (χ1v) is 17.3. The van der Waals surface area contributed by atoms with E-state index in [9.17, 15) is 26.4 Å². The highest BCUT2D eigenvalue weighted by Gasteiger charge is 2.36. The third kappa shape index (κ3) is 7.52. The Hall–Kier alpha value is -5.02. The third-order valence-corrected chi connectivity index (χ3v) is 9.84. The van der Waals surface area contributed by atoms with Gasteiger partial charge in [0.25, 0.3) is 5.91 Å². The van der Waals surface area contributed by atoms with Crippen molar-refractivity contribution in [3.8, 4) is 23.0 Å². The lowest BCUT2D eigenvalue weighted by molar-refractivity contribution is -0.137. The Kier molecular flexibility index (Phi) is 9.31. The van der Waals surface area contributed by atoms with Crippen LogP contribution in [0.1, 0.15) is 41.3 Å². The van der Waals surface area contributed by atoms with E-state index in [1.807, 2.05) is 29.9 Å². The van der Waals surface area contributed by atoms with Crippen molar-refractivity contribution in [1.82, 2.24) is 24.2 Å². The van der Waals surface area contributed by atoms with E-state index in [1.165, 1.54) is 25.1 Å². The average molecular weight is 694 g/mol. The second-order valence-corrected chi connectivity index (χ2v) is 13.8. The molecule has 5 aromatic rings. The highest BCUT2D eigenvalue weighted by molar-refractivity contribution is 7.89. The Morgan fingerprint density at radius 2 is 1.84 bits per heavy atom. The Morgan fingerprint density at radius 1 is 1.06 bits per heavy atom. The van der Waals surface area contributed by atoms with Gasteiger partial charge in [-0.2, -0.15) is 18.2 Å². The molecule has 0 aliphatic carbocycles. The number of aromatic nitrogens is 4. The van der Waals surface area contributed by atoms with Crippen LogP contribution in [0.2, 0.25) is 0 Å². The lowest BCUT2D eigenvalue weighted by Crippen LogP contribution is -2.45. The maximum Gasteiger partial charge on any atom is 0.418 e.